The van der Waals surface area contributed by atoms with E-state index in [2.05, 4.69) is 27.3 Å². The van der Waals surface area contributed by atoms with E-state index < -0.39 is 0 Å². The summed E-state index contributed by atoms with van der Waals surface area (Å²) >= 11 is 0. The molecule has 106 valence electrons. The van der Waals surface area contributed by atoms with Crippen molar-refractivity contribution in [1.82, 2.24) is 15.5 Å². The molecular formula is C13H22N4O2. The number of nitrogens with one attached hydrogen (secondary N) is 1. The number of ether oxygens (including phenoxy) is 1. The molecule has 3 rings (SSSR count). The Labute approximate surface area is 113 Å². The van der Waals surface area contributed by atoms with E-state index >= 15 is 0 Å². The highest BCUT2D eigenvalue weighted by Gasteiger charge is 2.32. The average Bonchev–Trinajstić information content (AvgIpc) is 3.19. The SMILES string of the molecule is CCNC(Cc1nc(N2CCOCC2)no1)C1CC1. The molecule has 1 aliphatic heterocycles. The second-order valence-electron chi connectivity index (χ2n) is 5.29. The summed E-state index contributed by atoms with van der Waals surface area (Å²) in [5, 5.41) is 7.61. The Morgan fingerprint density at radius 3 is 2.84 bits per heavy atom. The molecule has 0 amide bonds. The lowest BCUT2D eigenvalue weighted by Gasteiger charge is -2.24. The van der Waals surface area contributed by atoms with Crippen LogP contribution in [0.15, 0.2) is 4.52 Å². The Kier molecular flexibility index (Phi) is 3.98. The number of likely N-dealkylation sites (N-methyl/N-ethyl adjacent to an activating group) is 1. The summed E-state index contributed by atoms with van der Waals surface area (Å²) in [6, 6.07) is 0.489. The van der Waals surface area contributed by atoms with Crippen LogP contribution < -0.4 is 10.2 Å². The van der Waals surface area contributed by atoms with Gasteiger partial charge in [0.15, 0.2) is 0 Å². The minimum atomic E-state index is 0.489. The van der Waals surface area contributed by atoms with E-state index in [1.54, 1.807) is 0 Å². The molecule has 19 heavy (non-hydrogen) atoms. The molecule has 6 heteroatoms. The first-order valence-electron chi connectivity index (χ1n) is 7.25. The molecule has 0 radical (unpaired) electrons. The second kappa shape index (κ2) is 5.88. The van der Waals surface area contributed by atoms with Crippen LogP contribution in [0.25, 0.3) is 0 Å². The van der Waals surface area contributed by atoms with E-state index in [9.17, 15) is 0 Å². The number of hydrogen-bond donors (Lipinski definition) is 1. The highest BCUT2D eigenvalue weighted by atomic mass is 16.5. The molecule has 1 aromatic rings. The van der Waals surface area contributed by atoms with E-state index in [-0.39, 0.29) is 0 Å². The van der Waals surface area contributed by atoms with Gasteiger partial charge in [0, 0.05) is 25.6 Å². The topological polar surface area (TPSA) is 63.4 Å². The van der Waals surface area contributed by atoms with Gasteiger partial charge in [0.05, 0.1) is 13.2 Å². The molecule has 1 aromatic heterocycles. The molecule has 2 heterocycles. The van der Waals surface area contributed by atoms with E-state index in [4.69, 9.17) is 9.26 Å². The minimum absolute atomic E-state index is 0.489. The molecule has 0 bridgehead atoms. The van der Waals surface area contributed by atoms with Crippen molar-refractivity contribution >= 4 is 5.95 Å². The van der Waals surface area contributed by atoms with Crippen molar-refractivity contribution in [3.8, 4) is 0 Å². The first-order valence-corrected chi connectivity index (χ1v) is 7.25. The van der Waals surface area contributed by atoms with Crippen molar-refractivity contribution in [1.29, 1.82) is 0 Å². The van der Waals surface area contributed by atoms with Gasteiger partial charge in [-0.25, -0.2) is 0 Å². The summed E-state index contributed by atoms with van der Waals surface area (Å²) in [7, 11) is 0. The zero-order valence-corrected chi connectivity index (χ0v) is 11.5. The van der Waals surface area contributed by atoms with Gasteiger partial charge in [0.2, 0.25) is 5.89 Å². The molecule has 1 N–H and O–H groups in total. The van der Waals surface area contributed by atoms with Crippen molar-refractivity contribution in [3.63, 3.8) is 0 Å². The van der Waals surface area contributed by atoms with Crippen molar-refractivity contribution in [3.05, 3.63) is 5.89 Å². The molecule has 1 unspecified atom stereocenters. The van der Waals surface area contributed by atoms with Crippen molar-refractivity contribution in [2.75, 3.05) is 37.7 Å². The van der Waals surface area contributed by atoms with Crippen LogP contribution in [0.5, 0.6) is 0 Å². The van der Waals surface area contributed by atoms with E-state index in [0.717, 1.165) is 51.1 Å². The molecule has 2 aliphatic rings. The summed E-state index contributed by atoms with van der Waals surface area (Å²) in [5.74, 6) is 2.25. The minimum Gasteiger partial charge on any atom is -0.378 e. The fraction of sp³-hybridized carbons (Fsp3) is 0.846. The normalized spacial score (nSPS) is 21.6. The fourth-order valence-corrected chi connectivity index (χ4v) is 2.57. The van der Waals surface area contributed by atoms with Crippen LogP contribution in [-0.2, 0) is 11.2 Å². The third-order valence-electron chi connectivity index (χ3n) is 3.80. The standard InChI is InChI=1S/C13H22N4O2/c1-2-14-11(10-3-4-10)9-12-15-13(16-19-12)17-5-7-18-8-6-17/h10-11,14H,2-9H2,1H3. The molecule has 1 saturated heterocycles. The number of rotatable bonds is 6. The van der Waals surface area contributed by atoms with Gasteiger partial charge in [-0.05, 0) is 30.5 Å². The van der Waals surface area contributed by atoms with Gasteiger partial charge in [-0.1, -0.05) is 6.92 Å². The Hall–Kier alpha value is -1.14. The molecule has 1 aliphatic carbocycles. The summed E-state index contributed by atoms with van der Waals surface area (Å²) in [6.45, 7) is 6.31. The molecule has 0 aromatic carbocycles. The van der Waals surface area contributed by atoms with Crippen molar-refractivity contribution < 1.29 is 9.26 Å². The van der Waals surface area contributed by atoms with Gasteiger partial charge in [-0.3, -0.25) is 0 Å². The maximum atomic E-state index is 5.39. The van der Waals surface area contributed by atoms with E-state index in [1.807, 2.05) is 0 Å². The number of nitrogens with zero attached hydrogens (tertiary/aromatic N) is 3. The molecule has 6 nitrogen and oxygen atoms in total. The molecular weight excluding hydrogens is 244 g/mol. The quantitative estimate of drug-likeness (QED) is 0.823. The smallest absolute Gasteiger partial charge is 0.266 e. The number of morpholine rings is 1. The Bertz CT molecular complexity index is 399. The zero-order chi connectivity index (χ0) is 13.1. The van der Waals surface area contributed by atoms with Crippen LogP contribution in [0, 0.1) is 5.92 Å². The van der Waals surface area contributed by atoms with Crippen LogP contribution >= 0.6 is 0 Å². The third kappa shape index (κ3) is 3.25. The average molecular weight is 266 g/mol. The van der Waals surface area contributed by atoms with Crippen LogP contribution in [-0.4, -0.2) is 49.0 Å². The third-order valence-corrected chi connectivity index (χ3v) is 3.80. The number of hydrogen-bond acceptors (Lipinski definition) is 6. The highest BCUT2D eigenvalue weighted by molar-refractivity contribution is 5.28. The lowest BCUT2D eigenvalue weighted by atomic mass is 10.1. The van der Waals surface area contributed by atoms with Gasteiger partial charge in [-0.15, -0.1) is 0 Å². The highest BCUT2D eigenvalue weighted by Crippen LogP contribution is 2.34. The summed E-state index contributed by atoms with van der Waals surface area (Å²) in [4.78, 5) is 6.64. The monoisotopic (exact) mass is 266 g/mol. The summed E-state index contributed by atoms with van der Waals surface area (Å²) in [6.07, 6.45) is 3.49. The summed E-state index contributed by atoms with van der Waals surface area (Å²) < 4.78 is 10.7. The predicted octanol–water partition coefficient (Wildman–Crippen LogP) is 0.837. The second-order valence-corrected chi connectivity index (χ2v) is 5.29. The largest absolute Gasteiger partial charge is 0.378 e. The number of aromatic nitrogens is 2. The Morgan fingerprint density at radius 2 is 2.16 bits per heavy atom. The lowest BCUT2D eigenvalue weighted by Crippen LogP contribution is -2.37. The fourth-order valence-electron chi connectivity index (χ4n) is 2.57. The maximum absolute atomic E-state index is 5.39. The van der Waals surface area contributed by atoms with Gasteiger partial charge < -0.3 is 19.5 Å². The first-order chi connectivity index (χ1) is 9.36. The molecule has 0 spiro atoms. The molecule has 1 atom stereocenters. The van der Waals surface area contributed by atoms with Gasteiger partial charge in [0.25, 0.3) is 5.95 Å². The first kappa shape index (κ1) is 12.9. The van der Waals surface area contributed by atoms with Gasteiger partial charge >= 0.3 is 0 Å². The van der Waals surface area contributed by atoms with E-state index in [0.29, 0.717) is 12.0 Å². The van der Waals surface area contributed by atoms with Crippen LogP contribution in [0.1, 0.15) is 25.7 Å². The zero-order valence-electron chi connectivity index (χ0n) is 11.5. The van der Waals surface area contributed by atoms with Crippen LogP contribution in [0.4, 0.5) is 5.95 Å². The maximum Gasteiger partial charge on any atom is 0.266 e. The predicted molar refractivity (Wildman–Crippen MR) is 71.2 cm³/mol. The van der Waals surface area contributed by atoms with Gasteiger partial charge in [0.1, 0.15) is 0 Å². The van der Waals surface area contributed by atoms with Gasteiger partial charge in [-0.2, -0.15) is 4.98 Å². The Balaban J connectivity index is 1.60. The Morgan fingerprint density at radius 1 is 1.37 bits per heavy atom. The van der Waals surface area contributed by atoms with E-state index in [1.165, 1.54) is 12.8 Å². The number of anilines is 1. The molecule has 2 fully saturated rings. The van der Waals surface area contributed by atoms with Crippen molar-refractivity contribution in [2.24, 2.45) is 5.92 Å². The van der Waals surface area contributed by atoms with Crippen molar-refractivity contribution in [2.45, 2.75) is 32.2 Å². The van der Waals surface area contributed by atoms with Crippen LogP contribution in [0.3, 0.4) is 0 Å². The summed E-state index contributed by atoms with van der Waals surface area (Å²) in [5.41, 5.74) is 0. The lowest BCUT2D eigenvalue weighted by molar-refractivity contribution is 0.121. The molecule has 1 saturated carbocycles. The van der Waals surface area contributed by atoms with Crippen LogP contribution in [0.2, 0.25) is 0 Å².